The number of benzene rings is 2. The van der Waals surface area contributed by atoms with Gasteiger partial charge in [0.15, 0.2) is 9.84 Å². The quantitative estimate of drug-likeness (QED) is 0.581. The second-order valence-corrected chi connectivity index (χ2v) is 9.21. The van der Waals surface area contributed by atoms with Crippen molar-refractivity contribution >= 4 is 22.2 Å². The topological polar surface area (TPSA) is 46.6 Å². The molecule has 0 unspecified atom stereocenters. The zero-order valence-electron chi connectivity index (χ0n) is 15.9. The summed E-state index contributed by atoms with van der Waals surface area (Å²) < 4.78 is 79.0. The lowest BCUT2D eigenvalue weighted by Crippen LogP contribution is -2.40. The van der Waals surface area contributed by atoms with Crippen LogP contribution in [-0.4, -0.2) is 44.6 Å². The monoisotopic (exact) mass is 467 g/mol. The number of piperidine rings is 1. The molecule has 0 N–H and O–H groups in total. The predicted molar refractivity (Wildman–Crippen MR) is 107 cm³/mol. The second-order valence-electron chi connectivity index (χ2n) is 6.98. The summed E-state index contributed by atoms with van der Waals surface area (Å²) in [6.07, 6.45) is -3.17. The Labute approximate surface area is 179 Å². The zero-order chi connectivity index (χ0) is 21.1. The van der Waals surface area contributed by atoms with Gasteiger partial charge in [-0.15, -0.1) is 25.6 Å². The molecule has 3 rings (SSSR count). The zero-order valence-corrected chi connectivity index (χ0v) is 17.6. The smallest absolute Gasteiger partial charge is 0.406 e. The molecule has 10 heteroatoms. The van der Waals surface area contributed by atoms with E-state index in [0.717, 1.165) is 42.8 Å². The van der Waals surface area contributed by atoms with E-state index in [2.05, 4.69) is 9.64 Å². The van der Waals surface area contributed by atoms with Gasteiger partial charge in [0.1, 0.15) is 11.6 Å². The van der Waals surface area contributed by atoms with Gasteiger partial charge in [-0.1, -0.05) is 12.1 Å². The van der Waals surface area contributed by atoms with Gasteiger partial charge < -0.3 is 9.64 Å². The first-order chi connectivity index (χ1) is 13.6. The molecular weight excluding hydrogens is 446 g/mol. The van der Waals surface area contributed by atoms with E-state index in [0.29, 0.717) is 25.9 Å². The first-order valence-electron chi connectivity index (χ1n) is 9.20. The molecule has 2 aromatic rings. The molecule has 2 aromatic carbocycles. The molecule has 4 nitrogen and oxygen atoms in total. The molecule has 0 aliphatic carbocycles. The van der Waals surface area contributed by atoms with Crippen molar-refractivity contribution in [1.82, 2.24) is 4.90 Å². The van der Waals surface area contributed by atoms with Crippen molar-refractivity contribution in [2.24, 2.45) is 0 Å². The molecule has 30 heavy (non-hydrogen) atoms. The first-order valence-corrected chi connectivity index (χ1v) is 10.7. The second kappa shape index (κ2) is 9.98. The highest BCUT2D eigenvalue weighted by atomic mass is 35.5. The Morgan fingerprint density at radius 1 is 0.967 bits per heavy atom. The van der Waals surface area contributed by atoms with Crippen LogP contribution in [0.1, 0.15) is 18.4 Å². The van der Waals surface area contributed by atoms with Crippen molar-refractivity contribution < 1.29 is 30.7 Å². The Morgan fingerprint density at radius 2 is 1.53 bits per heavy atom. The number of nitrogens with zero attached hydrogens (tertiary/aromatic N) is 1. The Balaban J connectivity index is 0.00000320. The van der Waals surface area contributed by atoms with E-state index in [1.807, 2.05) is 0 Å². The number of hydrogen-bond donors (Lipinski definition) is 0. The van der Waals surface area contributed by atoms with Gasteiger partial charge in [-0.05, 0) is 74.3 Å². The molecule has 1 saturated heterocycles. The minimum Gasteiger partial charge on any atom is -0.406 e. The van der Waals surface area contributed by atoms with Crippen LogP contribution >= 0.6 is 12.4 Å². The lowest BCUT2D eigenvalue weighted by atomic mass is 10.1. The lowest BCUT2D eigenvalue weighted by molar-refractivity contribution is -0.274. The maximum Gasteiger partial charge on any atom is 0.573 e. The minimum absolute atomic E-state index is 0. The van der Waals surface area contributed by atoms with Gasteiger partial charge in [-0.2, -0.15) is 0 Å². The fourth-order valence-electron chi connectivity index (χ4n) is 3.40. The number of likely N-dealkylation sites (tertiary alicyclic amines) is 1. The SMILES string of the molecule is Cl.O=S(=O)(c1ccc(OC(F)(F)F)cc1)C1CCN(CCc2ccc(F)cc2)CC1. The van der Waals surface area contributed by atoms with Crippen LogP contribution in [0.3, 0.4) is 0 Å². The van der Waals surface area contributed by atoms with E-state index in [1.54, 1.807) is 12.1 Å². The summed E-state index contributed by atoms with van der Waals surface area (Å²) in [6, 6.07) is 10.6. The van der Waals surface area contributed by atoms with Crippen molar-refractivity contribution in [3.05, 3.63) is 59.9 Å². The van der Waals surface area contributed by atoms with Gasteiger partial charge in [0.25, 0.3) is 0 Å². The van der Waals surface area contributed by atoms with Crippen LogP contribution in [0.4, 0.5) is 17.6 Å². The van der Waals surface area contributed by atoms with E-state index in [1.165, 1.54) is 12.1 Å². The molecular formula is C20H22ClF4NO3S. The molecule has 0 aromatic heterocycles. The number of alkyl halides is 3. The summed E-state index contributed by atoms with van der Waals surface area (Å²) in [4.78, 5) is 2.16. The molecule has 0 bridgehead atoms. The van der Waals surface area contributed by atoms with Crippen molar-refractivity contribution in [2.75, 3.05) is 19.6 Å². The summed E-state index contributed by atoms with van der Waals surface area (Å²) in [5.41, 5.74) is 1.02. The van der Waals surface area contributed by atoms with Crippen molar-refractivity contribution in [3.8, 4) is 5.75 Å². The molecule has 0 spiro atoms. The molecule has 1 aliphatic heterocycles. The standard InChI is InChI=1S/C20H21F4NO3S.ClH/c21-16-3-1-15(2-4-16)9-12-25-13-10-19(11-14-25)29(26,27)18-7-5-17(6-8-18)28-20(22,23)24;/h1-8,19H,9-14H2;1H. The molecule has 0 atom stereocenters. The lowest BCUT2D eigenvalue weighted by Gasteiger charge is -2.31. The first kappa shape index (κ1) is 24.4. The number of halogens is 5. The average Bonchev–Trinajstić information content (AvgIpc) is 2.67. The van der Waals surface area contributed by atoms with Crippen molar-refractivity contribution in [1.29, 1.82) is 0 Å². The Hall–Kier alpha value is -1.84. The van der Waals surface area contributed by atoms with E-state index < -0.39 is 27.2 Å². The molecule has 1 fully saturated rings. The van der Waals surface area contributed by atoms with Crippen LogP contribution in [0.2, 0.25) is 0 Å². The van der Waals surface area contributed by atoms with Gasteiger partial charge in [-0.3, -0.25) is 0 Å². The van der Waals surface area contributed by atoms with Gasteiger partial charge in [0.05, 0.1) is 10.1 Å². The largest absolute Gasteiger partial charge is 0.573 e. The summed E-state index contributed by atoms with van der Waals surface area (Å²) in [7, 11) is -3.62. The van der Waals surface area contributed by atoms with Crippen LogP contribution in [0.15, 0.2) is 53.4 Å². The highest BCUT2D eigenvalue weighted by Crippen LogP contribution is 2.28. The van der Waals surface area contributed by atoms with Gasteiger partial charge in [0, 0.05) is 6.54 Å². The van der Waals surface area contributed by atoms with Crippen LogP contribution < -0.4 is 4.74 Å². The fourth-order valence-corrected chi connectivity index (χ4v) is 5.14. The average molecular weight is 468 g/mol. The van der Waals surface area contributed by atoms with Crippen LogP contribution in [0.25, 0.3) is 0 Å². The minimum atomic E-state index is -4.82. The summed E-state index contributed by atoms with van der Waals surface area (Å²) in [6.45, 7) is 1.97. The third-order valence-electron chi connectivity index (χ3n) is 4.99. The molecule has 166 valence electrons. The van der Waals surface area contributed by atoms with Crippen LogP contribution in [-0.2, 0) is 16.3 Å². The number of rotatable bonds is 6. The maximum absolute atomic E-state index is 12.9. The fraction of sp³-hybridized carbons (Fsp3) is 0.400. The summed E-state index contributed by atoms with van der Waals surface area (Å²) in [5.74, 6) is -0.732. The van der Waals surface area contributed by atoms with Gasteiger partial charge in [0.2, 0.25) is 0 Å². The van der Waals surface area contributed by atoms with Crippen molar-refractivity contribution in [2.45, 2.75) is 35.8 Å². The highest BCUT2D eigenvalue weighted by molar-refractivity contribution is 7.92. The molecule has 0 saturated carbocycles. The Kier molecular flexibility index (Phi) is 8.13. The Morgan fingerprint density at radius 3 is 2.07 bits per heavy atom. The molecule has 1 aliphatic rings. The third kappa shape index (κ3) is 6.58. The molecule has 1 heterocycles. The van der Waals surface area contributed by atoms with E-state index in [-0.39, 0.29) is 23.1 Å². The Bertz CT molecular complexity index is 911. The van der Waals surface area contributed by atoms with Crippen molar-refractivity contribution in [3.63, 3.8) is 0 Å². The molecule has 0 radical (unpaired) electrons. The van der Waals surface area contributed by atoms with E-state index in [9.17, 15) is 26.0 Å². The highest BCUT2D eigenvalue weighted by Gasteiger charge is 2.33. The van der Waals surface area contributed by atoms with Crippen LogP contribution in [0.5, 0.6) is 5.75 Å². The van der Waals surface area contributed by atoms with Gasteiger partial charge in [-0.25, -0.2) is 12.8 Å². The summed E-state index contributed by atoms with van der Waals surface area (Å²) >= 11 is 0. The normalized spacial score (nSPS) is 16.1. The number of hydrogen-bond acceptors (Lipinski definition) is 4. The number of sulfone groups is 1. The van der Waals surface area contributed by atoms with E-state index in [4.69, 9.17) is 0 Å². The molecule has 0 amide bonds. The maximum atomic E-state index is 12.9. The number of ether oxygens (including phenoxy) is 1. The predicted octanol–water partition coefficient (Wildman–Crippen LogP) is 4.63. The van der Waals surface area contributed by atoms with Crippen LogP contribution in [0, 0.1) is 5.82 Å². The van der Waals surface area contributed by atoms with Gasteiger partial charge >= 0.3 is 6.36 Å². The van der Waals surface area contributed by atoms with E-state index >= 15 is 0 Å². The summed E-state index contributed by atoms with van der Waals surface area (Å²) in [5, 5.41) is -0.570. The third-order valence-corrected chi connectivity index (χ3v) is 7.27.